The zero-order valence-corrected chi connectivity index (χ0v) is 16.8. The lowest BCUT2D eigenvalue weighted by atomic mass is 10.1. The topological polar surface area (TPSA) is 114 Å². The standard InChI is InChI=1S/C23H20N2O6/c1-30-19-11-10-15(13-20(19)31-2)21(26)24-16-7-5-6-14(12-16)22(27)25-18-9-4-3-8-17(18)23(28)29/h3-13H,1-2H3,(H,24,26)(H,25,27)(H,28,29). The van der Waals surface area contributed by atoms with E-state index >= 15 is 0 Å². The third-order valence-electron chi connectivity index (χ3n) is 4.43. The van der Waals surface area contributed by atoms with E-state index in [1.54, 1.807) is 48.5 Å². The van der Waals surface area contributed by atoms with Crippen LogP contribution < -0.4 is 20.1 Å². The minimum atomic E-state index is -1.15. The van der Waals surface area contributed by atoms with Crippen molar-refractivity contribution in [2.24, 2.45) is 0 Å². The molecular formula is C23H20N2O6. The number of para-hydroxylation sites is 1. The van der Waals surface area contributed by atoms with Crippen molar-refractivity contribution in [2.75, 3.05) is 24.9 Å². The van der Waals surface area contributed by atoms with E-state index in [0.717, 1.165) is 0 Å². The van der Waals surface area contributed by atoms with Crippen LogP contribution in [0.25, 0.3) is 0 Å². The number of amides is 2. The number of hydrogen-bond acceptors (Lipinski definition) is 5. The second kappa shape index (κ2) is 9.45. The fourth-order valence-corrected chi connectivity index (χ4v) is 2.89. The highest BCUT2D eigenvalue weighted by atomic mass is 16.5. The minimum absolute atomic E-state index is 0.0197. The van der Waals surface area contributed by atoms with E-state index in [-0.39, 0.29) is 16.8 Å². The number of carboxylic acids is 1. The summed E-state index contributed by atoms with van der Waals surface area (Å²) >= 11 is 0. The first-order valence-corrected chi connectivity index (χ1v) is 9.20. The van der Waals surface area contributed by atoms with Crippen molar-refractivity contribution >= 4 is 29.2 Å². The maximum absolute atomic E-state index is 12.6. The molecule has 0 fully saturated rings. The first kappa shape index (κ1) is 21.4. The fourth-order valence-electron chi connectivity index (χ4n) is 2.89. The number of carboxylic acid groups (broad SMARTS) is 1. The first-order chi connectivity index (χ1) is 14.9. The molecule has 3 N–H and O–H groups in total. The number of aromatic carboxylic acids is 1. The van der Waals surface area contributed by atoms with Gasteiger partial charge in [-0.05, 0) is 48.5 Å². The minimum Gasteiger partial charge on any atom is -0.493 e. The highest BCUT2D eigenvalue weighted by Gasteiger charge is 2.15. The van der Waals surface area contributed by atoms with Crippen LogP contribution in [-0.2, 0) is 0 Å². The molecule has 3 aromatic rings. The SMILES string of the molecule is COc1ccc(C(=O)Nc2cccc(C(=O)Nc3ccccc3C(=O)O)c2)cc1OC. The predicted octanol–water partition coefficient (Wildman–Crippen LogP) is 3.91. The van der Waals surface area contributed by atoms with E-state index in [0.29, 0.717) is 22.7 Å². The molecule has 0 saturated heterocycles. The lowest BCUT2D eigenvalue weighted by Crippen LogP contribution is -2.16. The summed E-state index contributed by atoms with van der Waals surface area (Å²) < 4.78 is 10.4. The van der Waals surface area contributed by atoms with Gasteiger partial charge in [-0.15, -0.1) is 0 Å². The number of benzene rings is 3. The van der Waals surface area contributed by atoms with Crippen LogP contribution in [0.2, 0.25) is 0 Å². The molecule has 31 heavy (non-hydrogen) atoms. The molecule has 0 spiro atoms. The summed E-state index contributed by atoms with van der Waals surface area (Å²) in [6, 6.07) is 17.2. The Morgan fingerprint density at radius 1 is 0.742 bits per heavy atom. The largest absolute Gasteiger partial charge is 0.493 e. The van der Waals surface area contributed by atoms with Gasteiger partial charge in [0.15, 0.2) is 11.5 Å². The zero-order chi connectivity index (χ0) is 22.4. The Balaban J connectivity index is 1.77. The summed E-state index contributed by atoms with van der Waals surface area (Å²) in [6.07, 6.45) is 0. The van der Waals surface area contributed by atoms with Crippen LogP contribution in [0, 0.1) is 0 Å². The number of carbonyl (C=O) groups excluding carboxylic acids is 2. The van der Waals surface area contributed by atoms with E-state index in [1.807, 2.05) is 0 Å². The van der Waals surface area contributed by atoms with Crippen molar-refractivity contribution in [1.29, 1.82) is 0 Å². The van der Waals surface area contributed by atoms with Gasteiger partial charge in [-0.1, -0.05) is 18.2 Å². The van der Waals surface area contributed by atoms with Crippen molar-refractivity contribution in [3.63, 3.8) is 0 Å². The molecule has 2 amide bonds. The Morgan fingerprint density at radius 3 is 2.13 bits per heavy atom. The number of anilines is 2. The quantitative estimate of drug-likeness (QED) is 0.534. The van der Waals surface area contributed by atoms with Gasteiger partial charge in [0.2, 0.25) is 0 Å². The molecule has 158 valence electrons. The molecule has 0 heterocycles. The molecule has 3 aromatic carbocycles. The number of hydrogen-bond donors (Lipinski definition) is 3. The number of rotatable bonds is 7. The maximum atomic E-state index is 12.6. The zero-order valence-electron chi connectivity index (χ0n) is 16.8. The highest BCUT2D eigenvalue weighted by Crippen LogP contribution is 2.28. The van der Waals surface area contributed by atoms with Crippen molar-refractivity contribution in [1.82, 2.24) is 0 Å². The molecule has 3 rings (SSSR count). The molecule has 0 unspecified atom stereocenters. The van der Waals surface area contributed by atoms with Crippen LogP contribution >= 0.6 is 0 Å². The van der Waals surface area contributed by atoms with Crippen molar-refractivity contribution in [2.45, 2.75) is 0 Å². The molecule has 0 aliphatic carbocycles. The molecule has 0 aromatic heterocycles. The first-order valence-electron chi connectivity index (χ1n) is 9.20. The summed E-state index contributed by atoms with van der Waals surface area (Å²) in [5, 5.41) is 14.6. The summed E-state index contributed by atoms with van der Waals surface area (Å²) in [5.74, 6) is -1.13. The Bertz CT molecular complexity index is 1140. The van der Waals surface area contributed by atoms with E-state index in [9.17, 15) is 19.5 Å². The van der Waals surface area contributed by atoms with Crippen LogP contribution in [0.15, 0.2) is 66.7 Å². The maximum Gasteiger partial charge on any atom is 0.337 e. The van der Waals surface area contributed by atoms with Gasteiger partial charge in [-0.25, -0.2) is 4.79 Å². The molecule has 0 aliphatic rings. The smallest absolute Gasteiger partial charge is 0.337 e. The van der Waals surface area contributed by atoms with E-state index in [2.05, 4.69) is 10.6 Å². The molecule has 0 bridgehead atoms. The number of methoxy groups -OCH3 is 2. The fraction of sp³-hybridized carbons (Fsp3) is 0.0870. The van der Waals surface area contributed by atoms with Crippen LogP contribution in [0.1, 0.15) is 31.1 Å². The number of nitrogens with one attached hydrogen (secondary N) is 2. The third kappa shape index (κ3) is 4.99. The molecule has 8 nitrogen and oxygen atoms in total. The van der Waals surface area contributed by atoms with Gasteiger partial charge in [-0.3, -0.25) is 9.59 Å². The van der Waals surface area contributed by atoms with Gasteiger partial charge >= 0.3 is 5.97 Å². The van der Waals surface area contributed by atoms with E-state index < -0.39 is 17.8 Å². The lowest BCUT2D eigenvalue weighted by Gasteiger charge is -2.11. The van der Waals surface area contributed by atoms with Gasteiger partial charge in [-0.2, -0.15) is 0 Å². The Kier molecular flexibility index (Phi) is 6.51. The van der Waals surface area contributed by atoms with Gasteiger partial charge < -0.3 is 25.2 Å². The van der Waals surface area contributed by atoms with Crippen molar-refractivity contribution in [3.8, 4) is 11.5 Å². The molecule has 0 aliphatic heterocycles. The van der Waals surface area contributed by atoms with Crippen LogP contribution in [0.5, 0.6) is 11.5 Å². The number of carbonyl (C=O) groups is 3. The Labute approximate surface area is 178 Å². The molecule has 0 saturated carbocycles. The predicted molar refractivity (Wildman–Crippen MR) is 115 cm³/mol. The summed E-state index contributed by atoms with van der Waals surface area (Å²) in [7, 11) is 2.98. The normalized spacial score (nSPS) is 10.1. The monoisotopic (exact) mass is 420 g/mol. The number of ether oxygens (including phenoxy) is 2. The second-order valence-electron chi connectivity index (χ2n) is 6.41. The van der Waals surface area contributed by atoms with E-state index in [1.165, 1.54) is 32.4 Å². The van der Waals surface area contributed by atoms with Crippen LogP contribution in [0.4, 0.5) is 11.4 Å². The average Bonchev–Trinajstić information content (AvgIpc) is 2.78. The second-order valence-corrected chi connectivity index (χ2v) is 6.41. The van der Waals surface area contributed by atoms with Crippen molar-refractivity contribution < 1.29 is 29.0 Å². The van der Waals surface area contributed by atoms with Crippen molar-refractivity contribution in [3.05, 3.63) is 83.4 Å². The van der Waals surface area contributed by atoms with E-state index in [4.69, 9.17) is 9.47 Å². The molecule has 8 heteroatoms. The average molecular weight is 420 g/mol. The van der Waals surface area contributed by atoms with Gasteiger partial charge in [0, 0.05) is 16.8 Å². The third-order valence-corrected chi connectivity index (χ3v) is 4.43. The van der Waals surface area contributed by atoms with Gasteiger partial charge in [0.25, 0.3) is 11.8 Å². The lowest BCUT2D eigenvalue weighted by molar-refractivity contribution is 0.0697. The van der Waals surface area contributed by atoms with Gasteiger partial charge in [0.1, 0.15) is 0 Å². The molecular weight excluding hydrogens is 400 g/mol. The van der Waals surface area contributed by atoms with Crippen LogP contribution in [-0.4, -0.2) is 37.1 Å². The summed E-state index contributed by atoms with van der Waals surface area (Å²) in [6.45, 7) is 0. The molecule has 0 radical (unpaired) electrons. The highest BCUT2D eigenvalue weighted by molar-refractivity contribution is 6.09. The van der Waals surface area contributed by atoms with Crippen LogP contribution in [0.3, 0.4) is 0 Å². The Morgan fingerprint density at radius 2 is 1.42 bits per heavy atom. The molecule has 0 atom stereocenters. The summed E-state index contributed by atoms with van der Waals surface area (Å²) in [5.41, 5.74) is 1.17. The van der Waals surface area contributed by atoms with Gasteiger partial charge in [0.05, 0.1) is 25.5 Å². The Hall–Kier alpha value is -4.33. The summed E-state index contributed by atoms with van der Waals surface area (Å²) in [4.78, 5) is 36.5.